The molecule has 25 heavy (non-hydrogen) atoms. The maximum absolute atomic E-state index is 12.5. The average Bonchev–Trinajstić information content (AvgIpc) is 3.15. The minimum absolute atomic E-state index is 0.212. The quantitative estimate of drug-likeness (QED) is 0.753. The molecule has 0 aromatic carbocycles. The van der Waals surface area contributed by atoms with Gasteiger partial charge in [-0.15, -0.1) is 0 Å². The Kier molecular flexibility index (Phi) is 6.01. The summed E-state index contributed by atoms with van der Waals surface area (Å²) in [6.07, 6.45) is 4.32. The van der Waals surface area contributed by atoms with Gasteiger partial charge in [0.25, 0.3) is 5.91 Å². The fourth-order valence-electron chi connectivity index (χ4n) is 2.88. The normalized spacial score (nSPS) is 12.0. The molecule has 7 heteroatoms. The molecule has 2 heterocycles. The van der Waals surface area contributed by atoms with Gasteiger partial charge in [-0.1, -0.05) is 13.8 Å². The van der Waals surface area contributed by atoms with Crippen LogP contribution in [0, 0.1) is 19.8 Å². The molecule has 0 bridgehead atoms. The highest BCUT2D eigenvalue weighted by Crippen LogP contribution is 2.20. The number of hydrogen-bond acceptors (Lipinski definition) is 4. The van der Waals surface area contributed by atoms with E-state index in [2.05, 4.69) is 26.8 Å². The summed E-state index contributed by atoms with van der Waals surface area (Å²) in [5, 5.41) is 2.94. The molecule has 2 N–H and O–H groups in total. The number of hydrogen-bond donors (Lipinski definition) is 2. The van der Waals surface area contributed by atoms with Crippen molar-refractivity contribution in [3.05, 3.63) is 40.7 Å². The van der Waals surface area contributed by atoms with Crippen LogP contribution in [0.25, 0.3) is 0 Å². The highest BCUT2D eigenvalue weighted by molar-refractivity contribution is 6.00. The first kappa shape index (κ1) is 18.8. The Morgan fingerprint density at radius 1 is 1.40 bits per heavy atom. The van der Waals surface area contributed by atoms with Gasteiger partial charge in [-0.25, -0.2) is 9.78 Å². The number of imidazole rings is 1. The first-order valence-electron chi connectivity index (χ1n) is 8.44. The standard InChI is InChI=1S/C18H26N4O3/c1-6-14-15(18(24)25-5)12(3)16(21-14)17(23)20-9-11(2)10-22-8-7-19-13(22)4/h7-8,11,21H,6,9-10H2,1-5H3,(H,20,23). The summed E-state index contributed by atoms with van der Waals surface area (Å²) in [7, 11) is 1.34. The number of amides is 1. The largest absolute Gasteiger partial charge is 0.465 e. The molecule has 2 rings (SSSR count). The maximum Gasteiger partial charge on any atom is 0.339 e. The fraction of sp³-hybridized carbons (Fsp3) is 0.500. The van der Waals surface area contributed by atoms with Crippen LogP contribution in [-0.2, 0) is 17.7 Å². The van der Waals surface area contributed by atoms with Gasteiger partial charge in [-0.05, 0) is 31.7 Å². The molecule has 1 unspecified atom stereocenters. The number of ether oxygens (including phenoxy) is 1. The van der Waals surface area contributed by atoms with Crippen molar-refractivity contribution in [3.63, 3.8) is 0 Å². The molecule has 0 radical (unpaired) electrons. The second kappa shape index (κ2) is 8.00. The fourth-order valence-corrected chi connectivity index (χ4v) is 2.88. The Hall–Kier alpha value is -2.57. The van der Waals surface area contributed by atoms with Crippen LogP contribution >= 0.6 is 0 Å². The Bertz CT molecular complexity index is 760. The van der Waals surface area contributed by atoms with Crippen molar-refractivity contribution in [1.29, 1.82) is 0 Å². The van der Waals surface area contributed by atoms with Gasteiger partial charge in [0.15, 0.2) is 0 Å². The summed E-state index contributed by atoms with van der Waals surface area (Å²) >= 11 is 0. The molecular weight excluding hydrogens is 320 g/mol. The summed E-state index contributed by atoms with van der Waals surface area (Å²) in [6, 6.07) is 0. The Morgan fingerprint density at radius 3 is 2.68 bits per heavy atom. The SMILES string of the molecule is CCc1[nH]c(C(=O)NCC(C)Cn2ccnc2C)c(C)c1C(=O)OC. The van der Waals surface area contributed by atoms with E-state index in [1.807, 2.05) is 20.0 Å². The smallest absolute Gasteiger partial charge is 0.339 e. The number of carbonyl (C=O) groups is 2. The van der Waals surface area contributed by atoms with Crippen molar-refractivity contribution in [2.45, 2.75) is 40.7 Å². The van der Waals surface area contributed by atoms with E-state index in [1.54, 1.807) is 13.1 Å². The monoisotopic (exact) mass is 346 g/mol. The van der Waals surface area contributed by atoms with Crippen LogP contribution in [0.1, 0.15) is 51.8 Å². The highest BCUT2D eigenvalue weighted by atomic mass is 16.5. The zero-order valence-corrected chi connectivity index (χ0v) is 15.5. The van der Waals surface area contributed by atoms with E-state index in [0.29, 0.717) is 29.8 Å². The molecule has 0 aliphatic heterocycles. The molecule has 1 amide bonds. The second-order valence-corrected chi connectivity index (χ2v) is 6.27. The summed E-state index contributed by atoms with van der Waals surface area (Å²) in [4.78, 5) is 31.7. The molecule has 0 spiro atoms. The number of esters is 1. The van der Waals surface area contributed by atoms with Crippen LogP contribution < -0.4 is 5.32 Å². The third-order valence-electron chi connectivity index (χ3n) is 4.34. The number of carbonyl (C=O) groups excluding carboxylic acids is 2. The lowest BCUT2D eigenvalue weighted by Crippen LogP contribution is -2.30. The van der Waals surface area contributed by atoms with Crippen molar-refractivity contribution in [3.8, 4) is 0 Å². The van der Waals surface area contributed by atoms with E-state index in [4.69, 9.17) is 4.74 Å². The molecule has 0 saturated heterocycles. The van der Waals surface area contributed by atoms with Gasteiger partial charge in [0.1, 0.15) is 11.5 Å². The van der Waals surface area contributed by atoms with Gasteiger partial charge >= 0.3 is 5.97 Å². The number of nitrogens with one attached hydrogen (secondary N) is 2. The summed E-state index contributed by atoms with van der Waals surface area (Å²) in [6.45, 7) is 9.02. The zero-order valence-electron chi connectivity index (χ0n) is 15.5. The third kappa shape index (κ3) is 4.10. The van der Waals surface area contributed by atoms with Gasteiger partial charge in [-0.2, -0.15) is 0 Å². The van der Waals surface area contributed by atoms with E-state index >= 15 is 0 Å². The second-order valence-electron chi connectivity index (χ2n) is 6.27. The number of methoxy groups -OCH3 is 1. The van der Waals surface area contributed by atoms with Crippen molar-refractivity contribution < 1.29 is 14.3 Å². The van der Waals surface area contributed by atoms with Crippen molar-refractivity contribution in [2.75, 3.05) is 13.7 Å². The van der Waals surface area contributed by atoms with E-state index in [9.17, 15) is 9.59 Å². The Morgan fingerprint density at radius 2 is 2.12 bits per heavy atom. The topological polar surface area (TPSA) is 89.0 Å². The van der Waals surface area contributed by atoms with Crippen LogP contribution in [-0.4, -0.2) is 40.1 Å². The number of aromatic nitrogens is 3. The van der Waals surface area contributed by atoms with Crippen LogP contribution in [0.5, 0.6) is 0 Å². The van der Waals surface area contributed by atoms with Crippen LogP contribution in [0.15, 0.2) is 12.4 Å². The van der Waals surface area contributed by atoms with E-state index in [0.717, 1.165) is 18.1 Å². The van der Waals surface area contributed by atoms with E-state index in [-0.39, 0.29) is 11.8 Å². The highest BCUT2D eigenvalue weighted by Gasteiger charge is 2.23. The predicted octanol–water partition coefficient (Wildman–Crippen LogP) is 2.24. The maximum atomic E-state index is 12.5. The summed E-state index contributed by atoms with van der Waals surface area (Å²) < 4.78 is 6.88. The van der Waals surface area contributed by atoms with E-state index < -0.39 is 5.97 Å². The Balaban J connectivity index is 2.04. The Labute approximate surface area is 147 Å². The summed E-state index contributed by atoms with van der Waals surface area (Å²) in [5.41, 5.74) is 2.22. The minimum atomic E-state index is -0.423. The molecule has 1 atom stereocenters. The van der Waals surface area contributed by atoms with E-state index in [1.165, 1.54) is 7.11 Å². The van der Waals surface area contributed by atoms with Crippen LogP contribution in [0.2, 0.25) is 0 Å². The molecule has 2 aromatic heterocycles. The van der Waals surface area contributed by atoms with Gasteiger partial charge in [0.2, 0.25) is 0 Å². The van der Waals surface area contributed by atoms with Crippen molar-refractivity contribution >= 4 is 11.9 Å². The van der Waals surface area contributed by atoms with Gasteiger partial charge < -0.3 is 19.6 Å². The zero-order chi connectivity index (χ0) is 18.6. The van der Waals surface area contributed by atoms with Crippen molar-refractivity contribution in [1.82, 2.24) is 19.9 Å². The number of nitrogens with zero attached hydrogens (tertiary/aromatic N) is 2. The molecule has 7 nitrogen and oxygen atoms in total. The molecular formula is C18H26N4O3. The number of aryl methyl sites for hydroxylation is 2. The number of rotatable bonds is 7. The summed E-state index contributed by atoms with van der Waals surface area (Å²) in [5.74, 6) is 0.566. The van der Waals surface area contributed by atoms with Crippen molar-refractivity contribution in [2.24, 2.45) is 5.92 Å². The molecule has 0 saturated carbocycles. The molecule has 0 fully saturated rings. The molecule has 0 aliphatic carbocycles. The van der Waals surface area contributed by atoms with Gasteiger partial charge in [0.05, 0.1) is 12.7 Å². The van der Waals surface area contributed by atoms with Crippen LogP contribution in [0.4, 0.5) is 0 Å². The third-order valence-corrected chi connectivity index (χ3v) is 4.34. The lowest BCUT2D eigenvalue weighted by atomic mass is 10.1. The predicted molar refractivity (Wildman–Crippen MR) is 94.7 cm³/mol. The lowest BCUT2D eigenvalue weighted by molar-refractivity contribution is 0.0599. The van der Waals surface area contributed by atoms with Crippen LogP contribution in [0.3, 0.4) is 0 Å². The lowest BCUT2D eigenvalue weighted by Gasteiger charge is -2.14. The molecule has 136 valence electrons. The average molecular weight is 346 g/mol. The first-order chi connectivity index (χ1) is 11.9. The minimum Gasteiger partial charge on any atom is -0.465 e. The first-order valence-corrected chi connectivity index (χ1v) is 8.44. The number of H-pyrrole nitrogens is 1. The molecule has 2 aromatic rings. The number of aromatic amines is 1. The van der Waals surface area contributed by atoms with Gasteiger partial charge in [0, 0.05) is 31.2 Å². The molecule has 0 aliphatic rings. The van der Waals surface area contributed by atoms with Gasteiger partial charge in [-0.3, -0.25) is 4.79 Å².